The van der Waals surface area contributed by atoms with Crippen molar-refractivity contribution >= 4 is 11.6 Å². The van der Waals surface area contributed by atoms with Crippen molar-refractivity contribution in [2.45, 2.75) is 64.3 Å². The Morgan fingerprint density at radius 2 is 1.03 bits per heavy atom. The maximum absolute atomic E-state index is 14.3. The summed E-state index contributed by atoms with van der Waals surface area (Å²) in [4.78, 5) is 28.7. The summed E-state index contributed by atoms with van der Waals surface area (Å²) in [7, 11) is 0. The minimum absolute atomic E-state index is 0.113. The van der Waals surface area contributed by atoms with Crippen LogP contribution in [0.2, 0.25) is 0 Å². The smallest absolute Gasteiger partial charge is 0.210 e. The second kappa shape index (κ2) is 6.95. The zero-order chi connectivity index (χ0) is 26.7. The summed E-state index contributed by atoms with van der Waals surface area (Å²) in [5.74, 6) is -9.12. The Kier molecular flexibility index (Phi) is 4.81. The summed E-state index contributed by atoms with van der Waals surface area (Å²) < 4.78 is 12.5. The maximum atomic E-state index is 14.3. The molecule has 0 unspecified atom stereocenters. The number of aliphatic hydroxyl groups is 4. The molecule has 36 heavy (non-hydrogen) atoms. The first kappa shape index (κ1) is 24.9. The van der Waals surface area contributed by atoms with E-state index in [4.69, 9.17) is 9.47 Å². The molecule has 2 aliphatic heterocycles. The normalized spacial score (nSPS) is 51.8. The molecule has 8 heteroatoms. The predicted octanol–water partition coefficient (Wildman–Crippen LogP) is 3.25. The summed E-state index contributed by atoms with van der Waals surface area (Å²) in [5.41, 5.74) is -7.52. The zero-order valence-electron chi connectivity index (χ0n) is 21.2. The summed E-state index contributed by atoms with van der Waals surface area (Å²) in [6.45, 7) is 9.48. The van der Waals surface area contributed by atoms with Crippen molar-refractivity contribution in [3.8, 4) is 0 Å². The molecule has 8 nitrogen and oxygen atoms in total. The van der Waals surface area contributed by atoms with Gasteiger partial charge in [0.15, 0.2) is 11.6 Å². The molecule has 2 saturated heterocycles. The first-order valence-electron chi connectivity index (χ1n) is 12.1. The van der Waals surface area contributed by atoms with Gasteiger partial charge in [0.2, 0.25) is 11.6 Å². The third kappa shape index (κ3) is 2.15. The summed E-state index contributed by atoms with van der Waals surface area (Å²) >= 11 is 0. The number of ketones is 2. The van der Waals surface area contributed by atoms with Crippen LogP contribution >= 0.6 is 0 Å². The van der Waals surface area contributed by atoms with Crippen LogP contribution in [0.5, 0.6) is 0 Å². The Morgan fingerprint density at radius 3 is 1.33 bits per heavy atom. The van der Waals surface area contributed by atoms with Crippen molar-refractivity contribution in [2.75, 3.05) is 0 Å². The second-order valence-electron chi connectivity index (χ2n) is 11.0. The van der Waals surface area contributed by atoms with E-state index >= 15 is 0 Å². The SMILES string of the molecule is C/C=C/C=C\C(O)=C1C(=O)[C@@]2(C)[C@H]3C(=C(O)/C=C/C=C/C)C(=O)[C@@]4(C)[C@@H]1[C@]1(C)O[C@@]4(O)[C@@]3(C)O[C@@]12O. The van der Waals surface area contributed by atoms with Crippen LogP contribution in [0.3, 0.4) is 0 Å². The van der Waals surface area contributed by atoms with Crippen molar-refractivity contribution in [1.29, 1.82) is 0 Å². The monoisotopic (exact) mass is 496 g/mol. The van der Waals surface area contributed by atoms with E-state index in [1.165, 1.54) is 39.8 Å². The molecule has 0 aromatic carbocycles. The number of Topliss-reactive ketones (excluding diaryl/α,β-unsaturated/α-hetero) is 2. The van der Waals surface area contributed by atoms with Gasteiger partial charge in [-0.3, -0.25) is 9.59 Å². The Labute approximate surface area is 209 Å². The van der Waals surface area contributed by atoms with E-state index < -0.39 is 57.0 Å². The van der Waals surface area contributed by atoms with Crippen LogP contribution in [0.25, 0.3) is 0 Å². The molecule has 0 aromatic heterocycles. The van der Waals surface area contributed by atoms with E-state index in [1.807, 2.05) is 0 Å². The molecule has 5 fully saturated rings. The molecule has 192 valence electrons. The molecule has 2 heterocycles. The molecule has 0 spiro atoms. The lowest BCUT2D eigenvalue weighted by atomic mass is 9.39. The third-order valence-corrected chi connectivity index (χ3v) is 9.41. The number of rotatable bonds is 4. The Balaban J connectivity index is 1.93. The van der Waals surface area contributed by atoms with E-state index in [0.717, 1.165) is 0 Å². The molecule has 0 aromatic rings. The van der Waals surface area contributed by atoms with Crippen LogP contribution in [0.1, 0.15) is 41.5 Å². The fourth-order valence-corrected chi connectivity index (χ4v) is 7.94. The highest BCUT2D eigenvalue weighted by Gasteiger charge is 2.99. The highest BCUT2D eigenvalue weighted by Crippen LogP contribution is 2.83. The van der Waals surface area contributed by atoms with E-state index in [1.54, 1.807) is 50.3 Å². The maximum Gasteiger partial charge on any atom is 0.210 e. The van der Waals surface area contributed by atoms with Gasteiger partial charge in [0.05, 0.1) is 10.8 Å². The lowest BCUT2D eigenvalue weighted by Crippen LogP contribution is -2.74. The zero-order valence-corrected chi connectivity index (χ0v) is 21.2. The van der Waals surface area contributed by atoms with Crippen molar-refractivity contribution in [3.63, 3.8) is 0 Å². The largest absolute Gasteiger partial charge is 0.508 e. The lowest BCUT2D eigenvalue weighted by molar-refractivity contribution is -0.450. The standard InChI is InChI=1S/C28H32O8/c1-7-9-11-13-15(29)17-19-23(3)22(32)18(16(30)14-12-10-8-2)20-24(4,21(17)31)28(34)25(19,5)35-27(23,33)26(20,6)36-28/h7-14,19-20,29-30,33-34H,1-6H3/b9-7+,10-8+,13-11-,14-12+,17-15?,18-16?/t19-,20-,23-,24-,25+,26+,27-,28-/m1/s1. The van der Waals surface area contributed by atoms with Crippen LogP contribution in [-0.2, 0) is 19.1 Å². The van der Waals surface area contributed by atoms with Crippen LogP contribution < -0.4 is 0 Å². The molecule has 5 rings (SSSR count). The average molecular weight is 497 g/mol. The molecule has 3 aliphatic carbocycles. The Hall–Kier alpha value is -2.78. The van der Waals surface area contributed by atoms with Crippen LogP contribution in [0, 0.1) is 22.7 Å². The second-order valence-corrected chi connectivity index (χ2v) is 11.0. The number of ether oxygens (including phenoxy) is 2. The van der Waals surface area contributed by atoms with Crippen molar-refractivity contribution in [3.05, 3.63) is 71.3 Å². The van der Waals surface area contributed by atoms with E-state index in [-0.39, 0.29) is 22.7 Å². The molecule has 0 amide bonds. The van der Waals surface area contributed by atoms with Gasteiger partial charge >= 0.3 is 0 Å². The number of carbonyl (C=O) groups is 2. The molecule has 5 aliphatic rings. The highest BCUT2D eigenvalue weighted by molar-refractivity contribution is 6.13. The van der Waals surface area contributed by atoms with Gasteiger partial charge in [-0.1, -0.05) is 36.5 Å². The van der Waals surface area contributed by atoms with Gasteiger partial charge < -0.3 is 29.9 Å². The minimum Gasteiger partial charge on any atom is -0.508 e. The molecule has 3 saturated carbocycles. The lowest BCUT2D eigenvalue weighted by Gasteiger charge is -2.58. The first-order chi connectivity index (χ1) is 16.7. The average Bonchev–Trinajstić information content (AvgIpc) is 3.12. The molecule has 8 bridgehead atoms. The van der Waals surface area contributed by atoms with Gasteiger partial charge in [-0.25, -0.2) is 0 Å². The predicted molar refractivity (Wildman–Crippen MR) is 129 cm³/mol. The quantitative estimate of drug-likeness (QED) is 0.265. The van der Waals surface area contributed by atoms with Crippen LogP contribution in [-0.4, -0.2) is 54.8 Å². The first-order valence-corrected chi connectivity index (χ1v) is 12.1. The number of carbonyl (C=O) groups excluding carboxylic acids is 2. The number of hydrogen-bond donors (Lipinski definition) is 4. The van der Waals surface area contributed by atoms with Crippen molar-refractivity contribution in [1.82, 2.24) is 0 Å². The molecular formula is C28H32O8. The molecular weight excluding hydrogens is 464 g/mol. The Bertz CT molecular complexity index is 1190. The fourth-order valence-electron chi connectivity index (χ4n) is 7.94. The van der Waals surface area contributed by atoms with Gasteiger partial charge in [-0.2, -0.15) is 0 Å². The van der Waals surface area contributed by atoms with E-state index in [0.29, 0.717) is 0 Å². The summed E-state index contributed by atoms with van der Waals surface area (Å²) in [6, 6.07) is 0. The Morgan fingerprint density at radius 1 is 0.694 bits per heavy atom. The van der Waals surface area contributed by atoms with Gasteiger partial charge in [0.1, 0.15) is 22.7 Å². The summed E-state index contributed by atoms with van der Waals surface area (Å²) in [6.07, 6.45) is 12.6. The van der Waals surface area contributed by atoms with E-state index in [2.05, 4.69) is 0 Å². The van der Waals surface area contributed by atoms with Gasteiger partial charge in [0, 0.05) is 23.0 Å². The topological polar surface area (TPSA) is 134 Å². The van der Waals surface area contributed by atoms with Gasteiger partial charge in [-0.15, -0.1) is 0 Å². The van der Waals surface area contributed by atoms with Gasteiger partial charge in [0.25, 0.3) is 0 Å². The fraction of sp³-hybridized carbons (Fsp3) is 0.500. The molecule has 8 atom stereocenters. The number of aliphatic hydroxyl groups excluding tert-OH is 2. The van der Waals surface area contributed by atoms with Crippen molar-refractivity contribution in [2.24, 2.45) is 22.7 Å². The van der Waals surface area contributed by atoms with Crippen molar-refractivity contribution < 1.29 is 39.5 Å². The molecule has 4 N–H and O–H groups in total. The van der Waals surface area contributed by atoms with Gasteiger partial charge in [-0.05, 0) is 53.7 Å². The number of hydrogen-bond acceptors (Lipinski definition) is 8. The molecule has 0 radical (unpaired) electrons. The summed E-state index contributed by atoms with van der Waals surface area (Å²) in [5, 5.41) is 46.6. The van der Waals surface area contributed by atoms with Crippen LogP contribution in [0.4, 0.5) is 0 Å². The minimum atomic E-state index is -2.26. The van der Waals surface area contributed by atoms with E-state index in [9.17, 15) is 30.0 Å². The number of allylic oxidation sites excluding steroid dienone is 8. The van der Waals surface area contributed by atoms with Crippen LogP contribution in [0.15, 0.2) is 71.3 Å². The highest BCUT2D eigenvalue weighted by atomic mass is 16.8. The third-order valence-electron chi connectivity index (χ3n) is 9.41.